The lowest BCUT2D eigenvalue weighted by Crippen LogP contribution is -2.54. The van der Waals surface area contributed by atoms with E-state index >= 15 is 0 Å². The van der Waals surface area contributed by atoms with Crippen LogP contribution in [-0.2, 0) is 13.6 Å². The summed E-state index contributed by atoms with van der Waals surface area (Å²) in [6.07, 6.45) is -0.146. The summed E-state index contributed by atoms with van der Waals surface area (Å²) in [5.41, 5.74) is -1.09. The fourth-order valence-corrected chi connectivity index (χ4v) is 5.58. The first-order valence-electron chi connectivity index (χ1n) is 10.9. The lowest BCUT2D eigenvalue weighted by molar-refractivity contribution is -0.0206. The number of hydrogen-bond donors (Lipinski definition) is 2. The van der Waals surface area contributed by atoms with Crippen LogP contribution in [0.4, 0.5) is 0 Å². The van der Waals surface area contributed by atoms with Gasteiger partial charge in [0.25, 0.3) is 5.56 Å². The number of aromatic amines is 1. The summed E-state index contributed by atoms with van der Waals surface area (Å²) in [6, 6.07) is 1.27. The van der Waals surface area contributed by atoms with E-state index in [2.05, 4.69) is 77.9 Å². The van der Waals surface area contributed by atoms with E-state index in [4.69, 9.17) is 13.6 Å². The van der Waals surface area contributed by atoms with E-state index in [0.29, 0.717) is 0 Å². The van der Waals surface area contributed by atoms with E-state index in [1.807, 2.05) is 0 Å². The molecule has 1 aliphatic heterocycles. The predicted octanol–water partition coefficient (Wildman–Crippen LogP) is 3.67. The molecule has 0 saturated carbocycles. The zero-order valence-electron chi connectivity index (χ0n) is 20.9. The summed E-state index contributed by atoms with van der Waals surface area (Å²) in [5.74, 6) is 0. The van der Waals surface area contributed by atoms with Gasteiger partial charge in [-0.25, -0.2) is 4.79 Å². The van der Waals surface area contributed by atoms with E-state index in [1.165, 1.54) is 23.0 Å². The lowest BCUT2D eigenvalue weighted by atomic mass is 10.1. The Kier molecular flexibility index (Phi) is 7.52. The number of H-pyrrole nitrogens is 1. The van der Waals surface area contributed by atoms with E-state index in [0.717, 1.165) is 0 Å². The van der Waals surface area contributed by atoms with Crippen LogP contribution >= 0.6 is 0 Å². The van der Waals surface area contributed by atoms with Gasteiger partial charge in [0.05, 0.1) is 6.21 Å². The van der Waals surface area contributed by atoms with Crippen molar-refractivity contribution in [3.63, 3.8) is 0 Å². The summed E-state index contributed by atoms with van der Waals surface area (Å²) >= 11 is 0. The molecule has 0 amide bonds. The Morgan fingerprint density at radius 3 is 1.97 bits per heavy atom. The molecule has 0 bridgehead atoms. The van der Waals surface area contributed by atoms with E-state index in [1.54, 1.807) is 0 Å². The minimum Gasteiger partial charge on any atom is -0.411 e. The Bertz CT molecular complexity index is 942. The van der Waals surface area contributed by atoms with E-state index in [9.17, 15) is 14.8 Å². The maximum Gasteiger partial charge on any atom is 0.330 e. The average Bonchev–Trinajstić information content (AvgIpc) is 2.90. The summed E-state index contributed by atoms with van der Waals surface area (Å²) in [7, 11) is -4.62. The molecule has 9 nitrogen and oxygen atoms in total. The van der Waals surface area contributed by atoms with Gasteiger partial charge < -0.3 is 18.8 Å². The van der Waals surface area contributed by atoms with Crippen LogP contribution in [0.25, 0.3) is 0 Å². The van der Waals surface area contributed by atoms with Gasteiger partial charge in [-0.1, -0.05) is 46.7 Å². The highest BCUT2D eigenvalue weighted by molar-refractivity contribution is 6.74. The zero-order chi connectivity index (χ0) is 24.7. The van der Waals surface area contributed by atoms with Crippen molar-refractivity contribution >= 4 is 22.8 Å². The highest BCUT2D eigenvalue weighted by Crippen LogP contribution is 2.45. The monoisotopic (exact) mass is 485 g/mol. The molecule has 182 valence electrons. The number of hydrogen-bond acceptors (Lipinski definition) is 7. The molecule has 2 rings (SSSR count). The molecule has 4 unspecified atom stereocenters. The molecule has 1 saturated heterocycles. The first-order chi connectivity index (χ1) is 14.4. The van der Waals surface area contributed by atoms with Crippen LogP contribution in [0.1, 0.15) is 47.8 Å². The van der Waals surface area contributed by atoms with Crippen LogP contribution < -0.4 is 11.2 Å². The summed E-state index contributed by atoms with van der Waals surface area (Å²) in [4.78, 5) is 26.5. The molecule has 0 radical (unpaired) electrons. The van der Waals surface area contributed by atoms with Crippen molar-refractivity contribution < 1.29 is 18.8 Å². The molecule has 0 spiro atoms. The molecule has 0 aliphatic carbocycles. The molecule has 2 heterocycles. The van der Waals surface area contributed by atoms with Crippen molar-refractivity contribution in [2.24, 2.45) is 5.16 Å². The maximum absolute atomic E-state index is 12.6. The van der Waals surface area contributed by atoms with Gasteiger partial charge >= 0.3 is 5.69 Å². The molecule has 0 aromatic carbocycles. The fourth-order valence-electron chi connectivity index (χ4n) is 3.00. The van der Waals surface area contributed by atoms with Gasteiger partial charge in [0.15, 0.2) is 22.9 Å². The van der Waals surface area contributed by atoms with Crippen LogP contribution in [0.3, 0.4) is 0 Å². The molecular weight excluding hydrogens is 446 g/mol. The largest absolute Gasteiger partial charge is 0.411 e. The smallest absolute Gasteiger partial charge is 0.330 e. The van der Waals surface area contributed by atoms with Crippen molar-refractivity contribution in [3.05, 3.63) is 33.1 Å². The summed E-state index contributed by atoms with van der Waals surface area (Å²) in [5, 5.41) is 12.3. The minimum atomic E-state index is -2.33. The third kappa shape index (κ3) is 5.50. The van der Waals surface area contributed by atoms with Crippen LogP contribution in [0, 0.1) is 0 Å². The van der Waals surface area contributed by atoms with Crippen molar-refractivity contribution in [1.29, 1.82) is 0 Å². The number of nitrogens with zero attached hydrogens (tertiary/aromatic N) is 2. The predicted molar refractivity (Wildman–Crippen MR) is 130 cm³/mol. The highest BCUT2D eigenvalue weighted by atomic mass is 28.4. The second-order valence-electron chi connectivity index (χ2n) is 11.5. The Balaban J connectivity index is 2.62. The van der Waals surface area contributed by atoms with E-state index < -0.39 is 52.4 Å². The van der Waals surface area contributed by atoms with Crippen LogP contribution in [0.15, 0.2) is 27.0 Å². The number of rotatable bonds is 6. The average molecular weight is 486 g/mol. The SMILES string of the molecule is CC(C)(C)[Si](C)(C)OC1C(/C=N/O)OC(n2ccc(=O)[nH]c2=O)C1O[Si](C)(C)C(C)(C)C. The number of oxime groups is 1. The minimum absolute atomic E-state index is 0.0810. The van der Waals surface area contributed by atoms with Gasteiger partial charge in [-0.3, -0.25) is 14.3 Å². The first kappa shape index (κ1) is 26.7. The van der Waals surface area contributed by atoms with Crippen molar-refractivity contribution in [2.45, 2.75) is 102 Å². The number of aromatic nitrogens is 2. The van der Waals surface area contributed by atoms with Crippen LogP contribution in [0.2, 0.25) is 36.3 Å². The standard InChI is InChI=1S/C21H39N3O6Si2/c1-20(2,3)31(7,8)29-16-14(13-22-27)28-18(24-12-11-15(25)23-19(24)26)17(16)30-32(9,10)21(4,5)6/h11-14,16-18,27H,1-10H3,(H,23,25,26)/b22-13+. The lowest BCUT2D eigenvalue weighted by Gasteiger charge is -2.43. The Morgan fingerprint density at radius 2 is 1.53 bits per heavy atom. The van der Waals surface area contributed by atoms with Gasteiger partial charge in [-0.15, -0.1) is 0 Å². The molecule has 1 aliphatic rings. The quantitative estimate of drug-likeness (QED) is 0.275. The highest BCUT2D eigenvalue weighted by Gasteiger charge is 2.54. The summed E-state index contributed by atoms with van der Waals surface area (Å²) < 4.78 is 21.0. The molecule has 11 heteroatoms. The molecule has 2 N–H and O–H groups in total. The molecule has 4 atom stereocenters. The van der Waals surface area contributed by atoms with Crippen molar-refractivity contribution in [2.75, 3.05) is 0 Å². The van der Waals surface area contributed by atoms with Crippen LogP contribution in [-0.4, -0.2) is 55.9 Å². The van der Waals surface area contributed by atoms with E-state index in [-0.39, 0.29) is 10.1 Å². The summed E-state index contributed by atoms with van der Waals surface area (Å²) in [6.45, 7) is 21.3. The second-order valence-corrected chi connectivity index (χ2v) is 21.0. The molecule has 32 heavy (non-hydrogen) atoms. The van der Waals surface area contributed by atoms with Crippen molar-refractivity contribution in [3.8, 4) is 0 Å². The van der Waals surface area contributed by atoms with Gasteiger partial charge in [0.2, 0.25) is 0 Å². The van der Waals surface area contributed by atoms with Crippen LogP contribution in [0.5, 0.6) is 0 Å². The number of ether oxygens (including phenoxy) is 1. The second kappa shape index (κ2) is 9.01. The molecular formula is C21H39N3O6Si2. The normalized spacial score (nSPS) is 25.6. The Hall–Kier alpha value is -1.54. The zero-order valence-corrected chi connectivity index (χ0v) is 22.9. The van der Waals surface area contributed by atoms with Gasteiger partial charge in [0.1, 0.15) is 18.3 Å². The third-order valence-corrected chi connectivity index (χ3v) is 16.0. The number of nitrogens with one attached hydrogen (secondary N) is 1. The van der Waals surface area contributed by atoms with Gasteiger partial charge in [-0.05, 0) is 36.3 Å². The van der Waals surface area contributed by atoms with Gasteiger partial charge in [0, 0.05) is 12.3 Å². The molecule has 1 fully saturated rings. The maximum atomic E-state index is 12.6. The molecule has 1 aromatic rings. The molecule has 1 aromatic heterocycles. The fraction of sp³-hybridized carbons (Fsp3) is 0.762. The Labute approximate surface area is 192 Å². The topological polar surface area (TPSA) is 115 Å². The third-order valence-electron chi connectivity index (χ3n) is 7.04. The Morgan fingerprint density at radius 1 is 1.03 bits per heavy atom. The van der Waals surface area contributed by atoms with Gasteiger partial charge in [-0.2, -0.15) is 0 Å². The first-order valence-corrected chi connectivity index (χ1v) is 16.7. The van der Waals surface area contributed by atoms with Crippen molar-refractivity contribution in [1.82, 2.24) is 9.55 Å².